The lowest BCUT2D eigenvalue weighted by Crippen LogP contribution is -2.56. The minimum absolute atomic E-state index is 0.0861. The minimum atomic E-state index is -1.29. The maximum Gasteiger partial charge on any atom is 0.306 e. The van der Waals surface area contributed by atoms with Gasteiger partial charge in [-0.1, -0.05) is 252 Å². The van der Waals surface area contributed by atoms with Crippen LogP contribution in [0.1, 0.15) is 297 Å². The van der Waals surface area contributed by atoms with E-state index in [1.807, 2.05) is 0 Å². The molecular weight excluding hydrogens is 939 g/mol. The van der Waals surface area contributed by atoms with Gasteiger partial charge in [0.2, 0.25) is 17.7 Å². The first-order valence-electron chi connectivity index (χ1n) is 30.7. The fraction of sp³-hybridized carbons (Fsp3) is 0.917. The van der Waals surface area contributed by atoms with Crippen molar-refractivity contribution in [2.45, 2.75) is 322 Å². The molecule has 0 aliphatic rings. The topological polar surface area (TPSA) is 180 Å². The molecule has 0 saturated carbocycles. The third-order valence-electron chi connectivity index (χ3n) is 13.9. The van der Waals surface area contributed by atoms with Gasteiger partial charge in [-0.2, -0.15) is 11.8 Å². The van der Waals surface area contributed by atoms with Gasteiger partial charge in [0.15, 0.2) is 0 Å². The molecule has 4 unspecified atom stereocenters. The number of thioether (sulfide) groups is 1. The molecule has 3 amide bonds. The summed E-state index contributed by atoms with van der Waals surface area (Å²) in [6, 6.07) is -2.94. The van der Waals surface area contributed by atoms with Crippen LogP contribution in [0.4, 0.5) is 0 Å². The third kappa shape index (κ3) is 47.8. The van der Waals surface area contributed by atoms with E-state index in [0.29, 0.717) is 12.8 Å². The summed E-state index contributed by atoms with van der Waals surface area (Å²) < 4.78 is 11.6. The fourth-order valence-electron chi connectivity index (χ4n) is 9.12. The molecule has 0 fully saturated rings. The lowest BCUT2D eigenvalue weighted by Gasteiger charge is -2.24. The first kappa shape index (κ1) is 70.6. The molecule has 0 radical (unpaired) electrons. The Labute approximate surface area is 452 Å². The fourth-order valence-corrected chi connectivity index (χ4v) is 10.2. The number of hydrogen-bond donors (Lipinski definition) is 5. The van der Waals surface area contributed by atoms with E-state index >= 15 is 0 Å². The number of aliphatic hydroxyl groups is 2. The molecule has 0 spiro atoms. The van der Waals surface area contributed by atoms with Crippen LogP contribution < -0.4 is 16.0 Å². The summed E-state index contributed by atoms with van der Waals surface area (Å²) in [4.78, 5) is 65.9. The number of unbranched alkanes of at least 4 members (excludes halogenated alkanes) is 36. The lowest BCUT2D eigenvalue weighted by atomic mass is 10.0. The van der Waals surface area contributed by atoms with Crippen molar-refractivity contribution in [3.8, 4) is 0 Å². The third-order valence-corrected chi connectivity index (χ3v) is 15.1. The Hall–Kier alpha value is -2.38. The van der Waals surface area contributed by atoms with E-state index in [4.69, 9.17) is 9.47 Å². The minimum Gasteiger partial charge on any atom is -0.462 e. The molecule has 0 rings (SSSR count). The zero-order valence-corrected chi connectivity index (χ0v) is 48.5. The van der Waals surface area contributed by atoms with Crippen molar-refractivity contribution in [2.24, 2.45) is 0 Å². The monoisotopic (exact) mass is 1050 g/mol. The van der Waals surface area contributed by atoms with Gasteiger partial charge >= 0.3 is 11.9 Å². The average molecular weight is 1050 g/mol. The van der Waals surface area contributed by atoms with E-state index < -0.39 is 42.7 Å². The van der Waals surface area contributed by atoms with E-state index in [1.165, 1.54) is 192 Å². The predicted octanol–water partition coefficient (Wildman–Crippen LogP) is 14.1. The Morgan fingerprint density at radius 1 is 0.397 bits per heavy atom. The number of carbonyl (C=O) groups is 5. The summed E-state index contributed by atoms with van der Waals surface area (Å²) in [6.45, 7) is 7.25. The molecule has 430 valence electrons. The first-order valence-corrected chi connectivity index (χ1v) is 31.8. The van der Waals surface area contributed by atoms with Crippen LogP contribution in [0.5, 0.6) is 0 Å². The van der Waals surface area contributed by atoms with Crippen LogP contribution in [-0.4, -0.2) is 95.4 Å². The molecule has 0 heterocycles. The highest BCUT2D eigenvalue weighted by molar-refractivity contribution is 7.99. The molecule has 0 saturated heterocycles. The van der Waals surface area contributed by atoms with Gasteiger partial charge in [0.05, 0.1) is 13.2 Å². The summed E-state index contributed by atoms with van der Waals surface area (Å²) in [7, 11) is 0. The Kier molecular flexibility index (Phi) is 52.6. The quantitative estimate of drug-likeness (QED) is 0.0291. The second-order valence-electron chi connectivity index (χ2n) is 21.3. The summed E-state index contributed by atoms with van der Waals surface area (Å²) in [6.07, 6.45) is 46.9. The van der Waals surface area contributed by atoms with Crippen LogP contribution in [0, 0.1) is 0 Å². The Morgan fingerprint density at radius 3 is 1.11 bits per heavy atom. The highest BCUT2D eigenvalue weighted by atomic mass is 32.2. The molecule has 73 heavy (non-hydrogen) atoms. The van der Waals surface area contributed by atoms with Crippen LogP contribution in [0.2, 0.25) is 0 Å². The van der Waals surface area contributed by atoms with Crippen molar-refractivity contribution < 1.29 is 43.7 Å². The molecule has 13 heteroatoms. The largest absolute Gasteiger partial charge is 0.462 e. The number of amides is 3. The molecule has 0 bridgehead atoms. The molecular formula is C60H115N3O9S. The van der Waals surface area contributed by atoms with Gasteiger partial charge in [-0.05, 0) is 26.2 Å². The van der Waals surface area contributed by atoms with Crippen LogP contribution in [0.15, 0.2) is 0 Å². The van der Waals surface area contributed by atoms with E-state index in [-0.39, 0.29) is 55.4 Å². The Balaban J connectivity index is 5.34. The van der Waals surface area contributed by atoms with Crippen molar-refractivity contribution >= 4 is 41.4 Å². The van der Waals surface area contributed by atoms with Gasteiger partial charge in [0.1, 0.15) is 24.8 Å². The molecule has 0 aromatic heterocycles. The zero-order chi connectivity index (χ0) is 53.7. The van der Waals surface area contributed by atoms with Gasteiger partial charge in [0.25, 0.3) is 0 Å². The van der Waals surface area contributed by atoms with Crippen LogP contribution >= 0.6 is 11.8 Å². The van der Waals surface area contributed by atoms with Crippen LogP contribution in [-0.2, 0) is 33.4 Å². The molecule has 5 N–H and O–H groups in total. The summed E-state index contributed by atoms with van der Waals surface area (Å²) in [5.74, 6) is -1.96. The molecule has 0 aliphatic heterocycles. The molecule has 4 atom stereocenters. The highest BCUT2D eigenvalue weighted by Crippen LogP contribution is 2.18. The Morgan fingerprint density at radius 2 is 0.740 bits per heavy atom. The normalized spacial score (nSPS) is 13.0. The van der Waals surface area contributed by atoms with E-state index in [9.17, 15) is 34.2 Å². The maximum atomic E-state index is 13.7. The standard InChI is InChI=1S/C60H115N3O9S/c1-5-8-11-14-17-20-23-26-29-32-35-38-41-44-56(66)62-55(60(70)63-54(48-65)59(69)61-52(4)47-64)51-73-50-53(72-58(68)46-43-40-37-34-31-28-25-22-19-16-13-10-7-3)49-71-57(67)45-42-39-36-33-30-27-24-21-18-15-12-9-6-2/h52-55,64-65H,5-51H2,1-4H3,(H,61,69)(H,62,66)(H,63,70). The van der Waals surface area contributed by atoms with Crippen LogP contribution in [0.25, 0.3) is 0 Å². The van der Waals surface area contributed by atoms with E-state index in [1.54, 1.807) is 6.92 Å². The molecule has 0 aromatic carbocycles. The highest BCUT2D eigenvalue weighted by Gasteiger charge is 2.28. The summed E-state index contributed by atoms with van der Waals surface area (Å²) >= 11 is 1.28. The SMILES string of the molecule is CCCCCCCCCCCCCCCC(=O)NC(CSCC(COC(=O)CCCCCCCCCCCCCCC)OC(=O)CCCCCCCCCCCCCCC)C(=O)NC(CO)C(=O)NC(C)CO. The second kappa shape index (κ2) is 54.4. The number of aliphatic hydroxyl groups excluding tert-OH is 2. The van der Waals surface area contributed by atoms with Gasteiger partial charge in [-0.15, -0.1) is 0 Å². The summed E-state index contributed by atoms with van der Waals surface area (Å²) in [5, 5.41) is 27.4. The molecule has 0 aromatic rings. The lowest BCUT2D eigenvalue weighted by molar-refractivity contribution is -0.157. The number of carbonyl (C=O) groups excluding carboxylic acids is 5. The van der Waals surface area contributed by atoms with Gasteiger partial charge in [-0.3, -0.25) is 24.0 Å². The van der Waals surface area contributed by atoms with Crippen molar-refractivity contribution in [1.29, 1.82) is 0 Å². The van der Waals surface area contributed by atoms with Crippen molar-refractivity contribution in [2.75, 3.05) is 31.3 Å². The number of esters is 2. The number of hydrogen-bond acceptors (Lipinski definition) is 10. The van der Waals surface area contributed by atoms with Gasteiger partial charge < -0.3 is 35.6 Å². The predicted molar refractivity (Wildman–Crippen MR) is 305 cm³/mol. The van der Waals surface area contributed by atoms with Gasteiger partial charge in [0, 0.05) is 36.8 Å². The maximum absolute atomic E-state index is 13.7. The molecule has 0 aliphatic carbocycles. The zero-order valence-electron chi connectivity index (χ0n) is 47.7. The smallest absolute Gasteiger partial charge is 0.306 e. The number of nitrogens with one attached hydrogen (secondary N) is 3. The van der Waals surface area contributed by atoms with Crippen molar-refractivity contribution in [1.82, 2.24) is 16.0 Å². The average Bonchev–Trinajstić information content (AvgIpc) is 3.38. The summed E-state index contributed by atoms with van der Waals surface area (Å²) in [5.41, 5.74) is 0. The Bertz CT molecular complexity index is 1290. The molecule has 12 nitrogen and oxygen atoms in total. The van der Waals surface area contributed by atoms with Crippen molar-refractivity contribution in [3.63, 3.8) is 0 Å². The van der Waals surface area contributed by atoms with Crippen LogP contribution in [0.3, 0.4) is 0 Å². The van der Waals surface area contributed by atoms with E-state index in [2.05, 4.69) is 36.7 Å². The second-order valence-corrected chi connectivity index (χ2v) is 22.3. The number of ether oxygens (including phenoxy) is 2. The first-order chi connectivity index (χ1) is 35.6. The van der Waals surface area contributed by atoms with E-state index in [0.717, 1.165) is 64.2 Å². The van der Waals surface area contributed by atoms with Gasteiger partial charge in [-0.25, -0.2) is 0 Å². The van der Waals surface area contributed by atoms with Crippen molar-refractivity contribution in [3.05, 3.63) is 0 Å². The number of rotatable bonds is 56.